The van der Waals surface area contributed by atoms with Gasteiger partial charge in [-0.15, -0.1) is 0 Å². The van der Waals surface area contributed by atoms with Gasteiger partial charge in [0.05, 0.1) is 8.95 Å². The molecule has 1 aliphatic heterocycles. The van der Waals surface area contributed by atoms with Gasteiger partial charge in [0.2, 0.25) is 0 Å². The summed E-state index contributed by atoms with van der Waals surface area (Å²) in [5.41, 5.74) is 6.62. The summed E-state index contributed by atoms with van der Waals surface area (Å²) in [5, 5.41) is 0. The molecule has 1 unspecified atom stereocenters. The molecule has 2 N–H and O–H groups in total. The van der Waals surface area contributed by atoms with Crippen LogP contribution in [0.1, 0.15) is 25.3 Å². The van der Waals surface area contributed by atoms with Crippen molar-refractivity contribution in [1.29, 1.82) is 0 Å². The molecule has 0 saturated carbocycles. The van der Waals surface area contributed by atoms with Gasteiger partial charge < -0.3 is 15.4 Å². The van der Waals surface area contributed by atoms with Crippen LogP contribution in [-0.2, 0) is 11.3 Å². The molecule has 1 amide bonds. The Bertz CT molecular complexity index is 479. The van der Waals surface area contributed by atoms with E-state index in [1.54, 1.807) is 6.92 Å². The zero-order valence-corrected chi connectivity index (χ0v) is 14.5. The average Bonchev–Trinajstić information content (AvgIpc) is 2.95. The number of amides is 1. The molecular formula is C14H18Br2N2O2. The van der Waals surface area contributed by atoms with Crippen molar-refractivity contribution in [2.45, 2.75) is 32.4 Å². The smallest absolute Gasteiger partial charge is 0.263 e. The van der Waals surface area contributed by atoms with Crippen molar-refractivity contribution in [3.8, 4) is 5.75 Å². The van der Waals surface area contributed by atoms with Gasteiger partial charge in [-0.25, -0.2) is 0 Å². The average molecular weight is 406 g/mol. The zero-order chi connectivity index (χ0) is 14.7. The van der Waals surface area contributed by atoms with E-state index in [0.717, 1.165) is 40.4 Å². The van der Waals surface area contributed by atoms with Gasteiger partial charge in [-0.2, -0.15) is 0 Å². The number of hydrogen-bond acceptors (Lipinski definition) is 3. The standard InChI is InChI=1S/C14H18Br2N2O2/c1-9(14(19)18-4-2-3-5-18)20-13-11(15)6-10(8-17)7-12(13)16/h6-7,9H,2-5,8,17H2,1H3. The first-order valence-electron chi connectivity index (χ1n) is 6.66. The highest BCUT2D eigenvalue weighted by molar-refractivity contribution is 9.11. The summed E-state index contributed by atoms with van der Waals surface area (Å²) in [5.74, 6) is 0.687. The summed E-state index contributed by atoms with van der Waals surface area (Å²) >= 11 is 6.93. The summed E-state index contributed by atoms with van der Waals surface area (Å²) in [6.45, 7) is 3.91. The lowest BCUT2D eigenvalue weighted by Crippen LogP contribution is -2.38. The van der Waals surface area contributed by atoms with Gasteiger partial charge in [-0.1, -0.05) is 0 Å². The van der Waals surface area contributed by atoms with E-state index in [1.165, 1.54) is 0 Å². The number of ether oxygens (including phenoxy) is 1. The molecule has 2 rings (SSSR count). The number of hydrogen-bond donors (Lipinski definition) is 1. The van der Waals surface area contributed by atoms with Crippen LogP contribution in [0.15, 0.2) is 21.1 Å². The fourth-order valence-corrected chi connectivity index (χ4v) is 3.73. The van der Waals surface area contributed by atoms with Crippen LogP contribution in [0.5, 0.6) is 5.75 Å². The molecule has 0 bridgehead atoms. The topological polar surface area (TPSA) is 55.6 Å². The molecule has 1 heterocycles. The largest absolute Gasteiger partial charge is 0.479 e. The summed E-state index contributed by atoms with van der Waals surface area (Å²) < 4.78 is 7.42. The number of nitrogens with two attached hydrogens (primary N) is 1. The third kappa shape index (κ3) is 3.54. The second kappa shape index (κ2) is 6.91. The third-order valence-corrected chi connectivity index (χ3v) is 4.53. The highest BCUT2D eigenvalue weighted by Crippen LogP contribution is 2.35. The van der Waals surface area contributed by atoms with Crippen molar-refractivity contribution in [2.75, 3.05) is 13.1 Å². The van der Waals surface area contributed by atoms with Crippen molar-refractivity contribution in [3.05, 3.63) is 26.6 Å². The van der Waals surface area contributed by atoms with E-state index in [0.29, 0.717) is 12.3 Å². The van der Waals surface area contributed by atoms with Crippen LogP contribution in [0.25, 0.3) is 0 Å². The summed E-state index contributed by atoms with van der Waals surface area (Å²) in [4.78, 5) is 14.1. The number of halogens is 2. The van der Waals surface area contributed by atoms with Gasteiger partial charge in [0.1, 0.15) is 5.75 Å². The Morgan fingerprint density at radius 3 is 2.40 bits per heavy atom. The Morgan fingerprint density at radius 1 is 1.35 bits per heavy atom. The molecule has 0 aliphatic carbocycles. The van der Waals surface area contributed by atoms with E-state index in [9.17, 15) is 4.79 Å². The fraction of sp³-hybridized carbons (Fsp3) is 0.500. The van der Waals surface area contributed by atoms with Crippen molar-refractivity contribution >= 4 is 37.8 Å². The van der Waals surface area contributed by atoms with Gasteiger partial charge in [-0.05, 0) is 69.3 Å². The Morgan fingerprint density at radius 2 is 1.90 bits per heavy atom. The van der Waals surface area contributed by atoms with E-state index in [4.69, 9.17) is 10.5 Å². The van der Waals surface area contributed by atoms with Crippen molar-refractivity contribution in [1.82, 2.24) is 4.90 Å². The SMILES string of the molecule is CC(Oc1c(Br)cc(CN)cc1Br)C(=O)N1CCCC1. The highest BCUT2D eigenvalue weighted by atomic mass is 79.9. The number of rotatable bonds is 4. The van der Waals surface area contributed by atoms with E-state index in [1.807, 2.05) is 17.0 Å². The summed E-state index contributed by atoms with van der Waals surface area (Å²) in [6.07, 6.45) is 1.66. The van der Waals surface area contributed by atoms with Crippen molar-refractivity contribution in [2.24, 2.45) is 5.73 Å². The van der Waals surface area contributed by atoms with Gasteiger partial charge in [0, 0.05) is 19.6 Å². The zero-order valence-electron chi connectivity index (χ0n) is 11.4. The number of benzene rings is 1. The predicted octanol–water partition coefficient (Wildman–Crippen LogP) is 3.06. The quantitative estimate of drug-likeness (QED) is 0.837. The number of carbonyl (C=O) groups excluding carboxylic acids is 1. The molecule has 0 spiro atoms. The minimum atomic E-state index is -0.496. The second-order valence-electron chi connectivity index (χ2n) is 4.89. The fourth-order valence-electron chi connectivity index (χ4n) is 2.26. The molecule has 110 valence electrons. The highest BCUT2D eigenvalue weighted by Gasteiger charge is 2.25. The molecule has 4 nitrogen and oxygen atoms in total. The first-order chi connectivity index (χ1) is 9.52. The maximum atomic E-state index is 12.2. The lowest BCUT2D eigenvalue weighted by atomic mass is 10.2. The summed E-state index contributed by atoms with van der Waals surface area (Å²) in [6, 6.07) is 3.82. The molecule has 1 aliphatic rings. The maximum Gasteiger partial charge on any atom is 0.263 e. The van der Waals surface area contributed by atoms with Crippen LogP contribution in [0, 0.1) is 0 Å². The molecule has 20 heavy (non-hydrogen) atoms. The maximum absolute atomic E-state index is 12.2. The number of nitrogens with zero attached hydrogens (tertiary/aromatic N) is 1. The van der Waals surface area contributed by atoms with Crippen LogP contribution >= 0.6 is 31.9 Å². The normalized spacial score (nSPS) is 16.3. The molecular weight excluding hydrogens is 388 g/mol. The molecule has 1 saturated heterocycles. The first kappa shape index (κ1) is 15.8. The molecule has 0 aromatic heterocycles. The predicted molar refractivity (Wildman–Crippen MR) is 85.6 cm³/mol. The Hall–Kier alpha value is -0.590. The molecule has 0 radical (unpaired) electrons. The van der Waals surface area contributed by atoms with Crippen LogP contribution in [0.2, 0.25) is 0 Å². The molecule has 1 aromatic rings. The summed E-state index contributed by atoms with van der Waals surface area (Å²) in [7, 11) is 0. The number of carbonyl (C=O) groups is 1. The Labute approximate surface area is 135 Å². The van der Waals surface area contributed by atoms with Crippen molar-refractivity contribution < 1.29 is 9.53 Å². The van der Waals surface area contributed by atoms with Gasteiger partial charge in [0.15, 0.2) is 6.10 Å². The van der Waals surface area contributed by atoms with Gasteiger partial charge >= 0.3 is 0 Å². The lowest BCUT2D eigenvalue weighted by Gasteiger charge is -2.22. The lowest BCUT2D eigenvalue weighted by molar-refractivity contribution is -0.136. The van der Waals surface area contributed by atoms with Crippen LogP contribution in [0.3, 0.4) is 0 Å². The molecule has 1 aromatic carbocycles. The Balaban J connectivity index is 2.11. The van der Waals surface area contributed by atoms with Gasteiger partial charge in [-0.3, -0.25) is 4.79 Å². The second-order valence-corrected chi connectivity index (χ2v) is 6.59. The van der Waals surface area contributed by atoms with Gasteiger partial charge in [0.25, 0.3) is 5.91 Å². The van der Waals surface area contributed by atoms with Crippen molar-refractivity contribution in [3.63, 3.8) is 0 Å². The van der Waals surface area contributed by atoms with Crippen LogP contribution in [0.4, 0.5) is 0 Å². The van der Waals surface area contributed by atoms with E-state index < -0.39 is 6.10 Å². The molecule has 6 heteroatoms. The molecule has 1 fully saturated rings. The minimum Gasteiger partial charge on any atom is -0.479 e. The first-order valence-corrected chi connectivity index (χ1v) is 8.25. The molecule has 1 atom stereocenters. The minimum absolute atomic E-state index is 0.0456. The third-order valence-electron chi connectivity index (χ3n) is 3.35. The van der Waals surface area contributed by atoms with Crippen LogP contribution in [-0.4, -0.2) is 30.0 Å². The van der Waals surface area contributed by atoms with E-state index >= 15 is 0 Å². The van der Waals surface area contributed by atoms with E-state index in [-0.39, 0.29) is 5.91 Å². The monoisotopic (exact) mass is 404 g/mol. The Kier molecular flexibility index (Phi) is 5.46. The van der Waals surface area contributed by atoms with Crippen LogP contribution < -0.4 is 10.5 Å². The van der Waals surface area contributed by atoms with E-state index in [2.05, 4.69) is 31.9 Å². The number of likely N-dealkylation sites (tertiary alicyclic amines) is 1.